The molecular weight excluding hydrogens is 172 g/mol. The van der Waals surface area contributed by atoms with Gasteiger partial charge in [-0.1, -0.05) is 57.9 Å². The van der Waals surface area contributed by atoms with Crippen LogP contribution in [0.3, 0.4) is 0 Å². The lowest BCUT2D eigenvalue weighted by molar-refractivity contribution is 0.563. The van der Waals surface area contributed by atoms with Crippen molar-refractivity contribution in [2.75, 3.05) is 0 Å². The van der Waals surface area contributed by atoms with Crippen molar-refractivity contribution < 1.29 is 4.79 Å². The number of unbranched alkanes of at least 4 members (excludes halogenated alkanes) is 8. The van der Waals surface area contributed by atoms with Crippen molar-refractivity contribution in [1.82, 2.24) is 0 Å². The molecule has 0 atom stereocenters. The van der Waals surface area contributed by atoms with Crippen LogP contribution < -0.4 is 0 Å². The molecule has 0 aliphatic heterocycles. The maximum Gasteiger partial charge on any atom is 0.225 e. The van der Waals surface area contributed by atoms with Crippen molar-refractivity contribution in [1.29, 1.82) is 0 Å². The molecule has 81 valence electrons. The van der Waals surface area contributed by atoms with Gasteiger partial charge in [0.2, 0.25) is 6.29 Å². The van der Waals surface area contributed by atoms with Gasteiger partial charge in [0.25, 0.3) is 0 Å². The van der Waals surface area contributed by atoms with E-state index in [1.165, 1.54) is 57.4 Å². The van der Waals surface area contributed by atoms with E-state index in [0.717, 1.165) is 6.42 Å². The third-order valence-corrected chi connectivity index (χ3v) is 2.41. The van der Waals surface area contributed by atoms with E-state index in [0.29, 0.717) is 0 Å². The van der Waals surface area contributed by atoms with Gasteiger partial charge in [0.1, 0.15) is 0 Å². The van der Waals surface area contributed by atoms with Gasteiger partial charge in [-0.3, -0.25) is 4.79 Å². The number of hydrogen-bond donors (Lipinski definition) is 0. The molecule has 0 aliphatic carbocycles. The summed E-state index contributed by atoms with van der Waals surface area (Å²) in [5.41, 5.74) is 0. The Labute approximate surface area is 88.6 Å². The van der Waals surface area contributed by atoms with E-state index >= 15 is 0 Å². The summed E-state index contributed by atoms with van der Waals surface area (Å²) < 4.78 is 0. The zero-order valence-electron chi connectivity index (χ0n) is 9.43. The number of carbonyl (C=O) groups excluding carboxylic acids is 1. The third kappa shape index (κ3) is 11.4. The van der Waals surface area contributed by atoms with Crippen molar-refractivity contribution in [2.45, 2.75) is 64.7 Å². The normalized spacial score (nSPS) is 10.9. The van der Waals surface area contributed by atoms with Crippen LogP contribution in [0.15, 0.2) is 12.2 Å². The summed E-state index contributed by atoms with van der Waals surface area (Å²) in [7, 11) is 0. The van der Waals surface area contributed by atoms with Crippen molar-refractivity contribution >= 4 is 6.29 Å². The highest BCUT2D eigenvalue weighted by molar-refractivity contribution is 5.65. The summed E-state index contributed by atoms with van der Waals surface area (Å²) in [5, 5.41) is 0. The minimum absolute atomic E-state index is 1.03. The SMILES string of the molecule is CCCCCCCCCC/C=C/[C]=O. The van der Waals surface area contributed by atoms with Crippen LogP contribution in [0.5, 0.6) is 0 Å². The first-order chi connectivity index (χ1) is 6.91. The topological polar surface area (TPSA) is 17.1 Å². The molecule has 1 nitrogen and oxygen atoms in total. The van der Waals surface area contributed by atoms with E-state index in [1.807, 2.05) is 6.08 Å². The molecule has 0 aromatic heterocycles. The summed E-state index contributed by atoms with van der Waals surface area (Å²) >= 11 is 0. The van der Waals surface area contributed by atoms with E-state index in [2.05, 4.69) is 6.92 Å². The molecule has 0 saturated carbocycles. The zero-order chi connectivity index (χ0) is 10.5. The monoisotopic (exact) mass is 195 g/mol. The third-order valence-electron chi connectivity index (χ3n) is 2.41. The minimum Gasteiger partial charge on any atom is -0.286 e. The first-order valence-corrected chi connectivity index (χ1v) is 5.94. The van der Waals surface area contributed by atoms with Crippen LogP contribution in [-0.2, 0) is 4.79 Å². The second-order valence-electron chi connectivity index (χ2n) is 3.78. The van der Waals surface area contributed by atoms with Gasteiger partial charge in [0, 0.05) is 0 Å². The first-order valence-electron chi connectivity index (χ1n) is 5.94. The quantitative estimate of drug-likeness (QED) is 0.377. The van der Waals surface area contributed by atoms with Crippen LogP contribution >= 0.6 is 0 Å². The number of hydrogen-bond acceptors (Lipinski definition) is 1. The second-order valence-corrected chi connectivity index (χ2v) is 3.78. The Balaban J connectivity index is 2.91. The zero-order valence-corrected chi connectivity index (χ0v) is 9.43. The predicted octanol–water partition coefficient (Wildman–Crippen LogP) is 4.18. The average molecular weight is 195 g/mol. The fourth-order valence-electron chi connectivity index (χ4n) is 1.53. The Hall–Kier alpha value is -0.590. The lowest BCUT2D eigenvalue weighted by Crippen LogP contribution is -1.79. The van der Waals surface area contributed by atoms with Gasteiger partial charge >= 0.3 is 0 Å². The molecule has 0 unspecified atom stereocenters. The van der Waals surface area contributed by atoms with E-state index in [-0.39, 0.29) is 0 Å². The molecule has 14 heavy (non-hydrogen) atoms. The highest BCUT2D eigenvalue weighted by Crippen LogP contribution is 2.09. The summed E-state index contributed by atoms with van der Waals surface area (Å²) in [6.45, 7) is 2.25. The fourth-order valence-corrected chi connectivity index (χ4v) is 1.53. The summed E-state index contributed by atoms with van der Waals surface area (Å²) in [6, 6.07) is 0. The summed E-state index contributed by atoms with van der Waals surface area (Å²) in [6.07, 6.45) is 16.9. The van der Waals surface area contributed by atoms with Gasteiger partial charge in [-0.2, -0.15) is 0 Å². The summed E-state index contributed by atoms with van der Waals surface area (Å²) in [5.74, 6) is 0. The molecular formula is C13H23O. The predicted molar refractivity (Wildman–Crippen MR) is 62.1 cm³/mol. The van der Waals surface area contributed by atoms with Crippen molar-refractivity contribution in [3.05, 3.63) is 12.2 Å². The van der Waals surface area contributed by atoms with Crippen LogP contribution in [-0.4, -0.2) is 6.29 Å². The Morgan fingerprint density at radius 2 is 1.50 bits per heavy atom. The van der Waals surface area contributed by atoms with Gasteiger partial charge < -0.3 is 0 Å². The van der Waals surface area contributed by atoms with E-state index in [1.54, 1.807) is 6.29 Å². The standard InChI is InChI=1S/C13H23O/c1-2-3-4-5-6-7-8-9-10-11-12-13-14/h11-12H,2-10H2,1H3/b12-11+. The molecule has 0 amide bonds. The van der Waals surface area contributed by atoms with E-state index in [9.17, 15) is 4.79 Å². The second kappa shape index (κ2) is 12.4. The molecule has 1 heteroatoms. The Morgan fingerprint density at radius 3 is 2.07 bits per heavy atom. The van der Waals surface area contributed by atoms with E-state index < -0.39 is 0 Å². The number of allylic oxidation sites excluding steroid dienone is 2. The molecule has 0 aromatic rings. The van der Waals surface area contributed by atoms with Crippen LogP contribution in [0.25, 0.3) is 0 Å². The van der Waals surface area contributed by atoms with E-state index in [4.69, 9.17) is 0 Å². The minimum atomic E-state index is 1.03. The van der Waals surface area contributed by atoms with Gasteiger partial charge in [-0.25, -0.2) is 0 Å². The molecule has 0 saturated heterocycles. The molecule has 0 aliphatic rings. The van der Waals surface area contributed by atoms with Crippen molar-refractivity contribution in [3.8, 4) is 0 Å². The molecule has 0 spiro atoms. The maximum absolute atomic E-state index is 9.83. The molecule has 0 aromatic carbocycles. The Morgan fingerprint density at radius 1 is 0.929 bits per heavy atom. The van der Waals surface area contributed by atoms with Gasteiger partial charge in [0.05, 0.1) is 0 Å². The molecule has 0 rings (SSSR count). The highest BCUT2D eigenvalue weighted by Gasteiger charge is 1.89. The molecule has 0 bridgehead atoms. The fraction of sp³-hybridized carbons (Fsp3) is 0.769. The highest BCUT2D eigenvalue weighted by atomic mass is 16.1. The smallest absolute Gasteiger partial charge is 0.225 e. The van der Waals surface area contributed by atoms with Crippen molar-refractivity contribution in [3.63, 3.8) is 0 Å². The Bertz CT molecular complexity index is 138. The molecule has 0 N–H and O–H groups in total. The van der Waals surface area contributed by atoms with Gasteiger partial charge in [-0.05, 0) is 18.9 Å². The molecule has 1 radical (unpaired) electrons. The van der Waals surface area contributed by atoms with Gasteiger partial charge in [-0.15, -0.1) is 0 Å². The van der Waals surface area contributed by atoms with Crippen molar-refractivity contribution in [2.24, 2.45) is 0 Å². The summed E-state index contributed by atoms with van der Waals surface area (Å²) in [4.78, 5) is 9.83. The molecule has 0 heterocycles. The Kier molecular flexibility index (Phi) is 11.9. The first kappa shape index (κ1) is 13.4. The van der Waals surface area contributed by atoms with Crippen LogP contribution in [0, 0.1) is 0 Å². The lowest BCUT2D eigenvalue weighted by atomic mass is 10.1. The van der Waals surface area contributed by atoms with Crippen LogP contribution in [0.2, 0.25) is 0 Å². The lowest BCUT2D eigenvalue weighted by Gasteiger charge is -1.99. The molecule has 0 fully saturated rings. The average Bonchev–Trinajstić information content (AvgIpc) is 2.21. The maximum atomic E-state index is 9.83. The van der Waals surface area contributed by atoms with Gasteiger partial charge in [0.15, 0.2) is 0 Å². The van der Waals surface area contributed by atoms with Crippen LogP contribution in [0.1, 0.15) is 64.7 Å². The number of rotatable bonds is 10. The largest absolute Gasteiger partial charge is 0.286 e. The van der Waals surface area contributed by atoms with Crippen LogP contribution in [0.4, 0.5) is 0 Å².